The van der Waals surface area contributed by atoms with E-state index >= 15 is 0 Å². The van der Waals surface area contributed by atoms with Gasteiger partial charge in [0.25, 0.3) is 0 Å². The zero-order chi connectivity index (χ0) is 11.4. The van der Waals surface area contributed by atoms with Crippen molar-refractivity contribution in [3.8, 4) is 5.75 Å². The number of nitro benzene ring substituents is 1. The molecule has 5 nitrogen and oxygen atoms in total. The minimum Gasteiger partial charge on any atom is -0.502 e. The summed E-state index contributed by atoms with van der Waals surface area (Å²) in [6.07, 6.45) is 2.75. The lowest BCUT2D eigenvalue weighted by molar-refractivity contribution is -0.385. The Morgan fingerprint density at radius 2 is 2.20 bits per heavy atom. The van der Waals surface area contributed by atoms with E-state index in [9.17, 15) is 14.9 Å². The number of benzene rings is 1. The normalized spacial score (nSPS) is 10.5. The Kier molecular flexibility index (Phi) is 3.17. The van der Waals surface area contributed by atoms with Crippen LogP contribution in [0.5, 0.6) is 5.75 Å². The first-order valence-corrected chi connectivity index (χ1v) is 4.17. The van der Waals surface area contributed by atoms with Crippen molar-refractivity contribution in [3.63, 3.8) is 0 Å². The highest BCUT2D eigenvalue weighted by Crippen LogP contribution is 2.26. The van der Waals surface area contributed by atoms with E-state index in [0.29, 0.717) is 5.56 Å². The van der Waals surface area contributed by atoms with Crippen molar-refractivity contribution in [3.05, 3.63) is 40.0 Å². The van der Waals surface area contributed by atoms with Crippen molar-refractivity contribution < 1.29 is 14.8 Å². The molecule has 0 aliphatic rings. The zero-order valence-corrected chi connectivity index (χ0v) is 8.01. The lowest BCUT2D eigenvalue weighted by Crippen LogP contribution is -1.89. The molecule has 1 aromatic rings. The monoisotopic (exact) mass is 207 g/mol. The zero-order valence-electron chi connectivity index (χ0n) is 8.01. The fourth-order valence-electron chi connectivity index (χ4n) is 1.00. The second-order valence-electron chi connectivity index (χ2n) is 2.95. The van der Waals surface area contributed by atoms with Crippen LogP contribution >= 0.6 is 0 Å². The van der Waals surface area contributed by atoms with E-state index in [1.165, 1.54) is 37.3 Å². The first kappa shape index (κ1) is 10.9. The van der Waals surface area contributed by atoms with E-state index in [1.807, 2.05) is 0 Å². The van der Waals surface area contributed by atoms with Crippen molar-refractivity contribution in [1.82, 2.24) is 0 Å². The van der Waals surface area contributed by atoms with Gasteiger partial charge >= 0.3 is 5.69 Å². The number of aromatic hydroxyl groups is 1. The van der Waals surface area contributed by atoms with Crippen LogP contribution in [0.15, 0.2) is 24.3 Å². The van der Waals surface area contributed by atoms with Crippen LogP contribution < -0.4 is 0 Å². The summed E-state index contributed by atoms with van der Waals surface area (Å²) in [6, 6.07) is 3.91. The first-order valence-electron chi connectivity index (χ1n) is 4.17. The summed E-state index contributed by atoms with van der Waals surface area (Å²) in [5.41, 5.74) is 0.121. The smallest absolute Gasteiger partial charge is 0.311 e. The van der Waals surface area contributed by atoms with Crippen molar-refractivity contribution >= 4 is 17.5 Å². The van der Waals surface area contributed by atoms with Gasteiger partial charge in [0.05, 0.1) is 4.92 Å². The molecular weight excluding hydrogens is 198 g/mol. The third-order valence-electron chi connectivity index (χ3n) is 1.71. The van der Waals surface area contributed by atoms with Crippen LogP contribution in [0, 0.1) is 10.1 Å². The molecule has 5 heteroatoms. The maximum absolute atomic E-state index is 10.6. The number of ketones is 1. The second kappa shape index (κ2) is 4.36. The van der Waals surface area contributed by atoms with Gasteiger partial charge in [-0.15, -0.1) is 0 Å². The standard InChI is InChI=1S/C10H9NO4/c1-7(12)2-3-8-4-5-10(13)9(6-8)11(14)15/h2-6,13H,1H3/b3-2+. The third kappa shape index (κ3) is 2.91. The van der Waals surface area contributed by atoms with Crippen LogP contribution in [-0.4, -0.2) is 15.8 Å². The molecule has 0 radical (unpaired) electrons. The van der Waals surface area contributed by atoms with Gasteiger partial charge in [-0.1, -0.05) is 12.1 Å². The van der Waals surface area contributed by atoms with Crippen molar-refractivity contribution in [2.45, 2.75) is 6.92 Å². The Morgan fingerprint density at radius 3 is 2.73 bits per heavy atom. The fourth-order valence-corrected chi connectivity index (χ4v) is 1.00. The molecule has 78 valence electrons. The minimum absolute atomic E-state index is 0.147. The highest BCUT2D eigenvalue weighted by molar-refractivity contribution is 5.91. The molecule has 1 rings (SSSR count). The van der Waals surface area contributed by atoms with Crippen molar-refractivity contribution in [2.24, 2.45) is 0 Å². The number of rotatable bonds is 3. The molecule has 0 aromatic heterocycles. The molecule has 0 saturated heterocycles. The van der Waals surface area contributed by atoms with Gasteiger partial charge < -0.3 is 5.11 Å². The number of phenols is 1. The largest absolute Gasteiger partial charge is 0.502 e. The van der Waals surface area contributed by atoms with Crippen LogP contribution in [0.4, 0.5) is 5.69 Å². The van der Waals surface area contributed by atoms with E-state index in [2.05, 4.69) is 0 Å². The number of carbonyl (C=O) groups excluding carboxylic acids is 1. The molecule has 0 bridgehead atoms. The number of nitrogens with zero attached hydrogens (tertiary/aromatic N) is 1. The average molecular weight is 207 g/mol. The average Bonchev–Trinajstić information content (AvgIpc) is 2.16. The molecule has 0 aliphatic carbocycles. The predicted molar refractivity (Wildman–Crippen MR) is 54.5 cm³/mol. The molecule has 0 spiro atoms. The van der Waals surface area contributed by atoms with E-state index in [-0.39, 0.29) is 17.2 Å². The number of phenolic OH excluding ortho intramolecular Hbond substituents is 1. The third-order valence-corrected chi connectivity index (χ3v) is 1.71. The van der Waals surface area contributed by atoms with Crippen LogP contribution in [0.25, 0.3) is 6.08 Å². The Morgan fingerprint density at radius 1 is 1.53 bits per heavy atom. The molecule has 0 aliphatic heterocycles. The number of hydrogen-bond acceptors (Lipinski definition) is 4. The minimum atomic E-state index is -0.680. The Bertz CT molecular complexity index is 437. The van der Waals surface area contributed by atoms with E-state index in [4.69, 9.17) is 5.11 Å². The highest BCUT2D eigenvalue weighted by Gasteiger charge is 2.12. The van der Waals surface area contributed by atoms with Crippen molar-refractivity contribution in [1.29, 1.82) is 0 Å². The lowest BCUT2D eigenvalue weighted by atomic mass is 10.1. The SMILES string of the molecule is CC(=O)/C=C/c1ccc(O)c([N+](=O)[O-])c1. The Balaban J connectivity index is 3.08. The second-order valence-corrected chi connectivity index (χ2v) is 2.95. The van der Waals surface area contributed by atoms with Crippen LogP contribution in [0.3, 0.4) is 0 Å². The molecule has 0 unspecified atom stereocenters. The maximum Gasteiger partial charge on any atom is 0.311 e. The maximum atomic E-state index is 10.6. The summed E-state index contributed by atoms with van der Waals surface area (Å²) in [5.74, 6) is -0.536. The molecule has 1 N–H and O–H groups in total. The van der Waals surface area contributed by atoms with Crippen LogP contribution in [0.2, 0.25) is 0 Å². The van der Waals surface area contributed by atoms with Gasteiger partial charge in [-0.2, -0.15) is 0 Å². The van der Waals surface area contributed by atoms with Gasteiger partial charge in [0, 0.05) is 6.07 Å². The topological polar surface area (TPSA) is 80.4 Å². The predicted octanol–water partition coefficient (Wildman–Crippen LogP) is 1.90. The summed E-state index contributed by atoms with van der Waals surface area (Å²) in [5, 5.41) is 19.6. The van der Waals surface area contributed by atoms with Gasteiger partial charge in [-0.05, 0) is 24.6 Å². The first-order chi connectivity index (χ1) is 7.00. The van der Waals surface area contributed by atoms with Crippen LogP contribution in [-0.2, 0) is 4.79 Å². The summed E-state index contributed by atoms with van der Waals surface area (Å²) in [6.45, 7) is 1.38. The number of nitro groups is 1. The van der Waals surface area contributed by atoms with Crippen LogP contribution in [0.1, 0.15) is 12.5 Å². The molecule has 0 fully saturated rings. The molecule has 0 amide bonds. The van der Waals surface area contributed by atoms with E-state index in [1.54, 1.807) is 0 Å². The highest BCUT2D eigenvalue weighted by atomic mass is 16.6. The van der Waals surface area contributed by atoms with Gasteiger partial charge in [-0.25, -0.2) is 0 Å². The van der Waals surface area contributed by atoms with Crippen molar-refractivity contribution in [2.75, 3.05) is 0 Å². The molecule has 15 heavy (non-hydrogen) atoms. The molecule has 0 heterocycles. The van der Waals surface area contributed by atoms with Gasteiger partial charge in [-0.3, -0.25) is 14.9 Å². The molecule has 0 atom stereocenters. The Labute approximate surface area is 85.8 Å². The van der Waals surface area contributed by atoms with E-state index in [0.717, 1.165) is 0 Å². The molecule has 1 aromatic carbocycles. The Hall–Kier alpha value is -2.17. The van der Waals surface area contributed by atoms with Gasteiger partial charge in [0.1, 0.15) is 0 Å². The summed E-state index contributed by atoms with van der Waals surface area (Å²) < 4.78 is 0. The number of carbonyl (C=O) groups is 1. The molecular formula is C10H9NO4. The quantitative estimate of drug-likeness (QED) is 0.466. The fraction of sp³-hybridized carbons (Fsp3) is 0.100. The summed E-state index contributed by atoms with van der Waals surface area (Å²) in [4.78, 5) is 20.4. The van der Waals surface area contributed by atoms with Gasteiger partial charge in [0.2, 0.25) is 0 Å². The van der Waals surface area contributed by atoms with E-state index < -0.39 is 4.92 Å². The number of allylic oxidation sites excluding steroid dienone is 1. The summed E-state index contributed by atoms with van der Waals surface area (Å²) in [7, 11) is 0. The van der Waals surface area contributed by atoms with Gasteiger partial charge in [0.15, 0.2) is 11.5 Å². The molecule has 0 saturated carbocycles. The number of hydrogen-bond donors (Lipinski definition) is 1. The lowest BCUT2D eigenvalue weighted by Gasteiger charge is -1.97. The summed E-state index contributed by atoms with van der Waals surface area (Å²) >= 11 is 0.